The summed E-state index contributed by atoms with van der Waals surface area (Å²) in [5.74, 6) is -1.38. The summed E-state index contributed by atoms with van der Waals surface area (Å²) in [5, 5.41) is 0.327. The molecule has 1 N–H and O–H groups in total. The zero-order valence-electron chi connectivity index (χ0n) is 11.2. The summed E-state index contributed by atoms with van der Waals surface area (Å²) < 4.78 is 45.8. The van der Waals surface area contributed by atoms with Crippen molar-refractivity contribution in [3.63, 3.8) is 0 Å². The predicted octanol–water partition coefficient (Wildman–Crippen LogP) is 4.65. The van der Waals surface area contributed by atoms with Gasteiger partial charge in [-0.25, -0.2) is 13.2 Å². The van der Waals surface area contributed by atoms with Crippen molar-refractivity contribution >= 4 is 10.9 Å². The lowest BCUT2D eigenvalue weighted by atomic mass is 10.1. The molecule has 5 heteroatoms. The molecule has 0 saturated carbocycles. The van der Waals surface area contributed by atoms with Crippen LogP contribution >= 0.6 is 0 Å². The van der Waals surface area contributed by atoms with Gasteiger partial charge in [0.05, 0.1) is 17.8 Å². The predicted molar refractivity (Wildman–Crippen MR) is 74.8 cm³/mol. The van der Waals surface area contributed by atoms with Crippen molar-refractivity contribution in [3.05, 3.63) is 53.8 Å². The van der Waals surface area contributed by atoms with Gasteiger partial charge < -0.3 is 9.72 Å². The van der Waals surface area contributed by atoms with E-state index in [0.29, 0.717) is 29.0 Å². The fourth-order valence-electron chi connectivity index (χ4n) is 2.31. The molecule has 1 aromatic heterocycles. The summed E-state index contributed by atoms with van der Waals surface area (Å²) >= 11 is 0. The normalized spacial score (nSPS) is 11.0. The van der Waals surface area contributed by atoms with Gasteiger partial charge in [0.2, 0.25) is 0 Å². The van der Waals surface area contributed by atoms with Gasteiger partial charge in [0.25, 0.3) is 0 Å². The lowest BCUT2D eigenvalue weighted by Crippen LogP contribution is -1.93. The van der Waals surface area contributed by atoms with Gasteiger partial charge in [0.1, 0.15) is 17.5 Å². The molecule has 2 nitrogen and oxygen atoms in total. The summed E-state index contributed by atoms with van der Waals surface area (Å²) in [6.45, 7) is 2.13. The van der Waals surface area contributed by atoms with Crippen LogP contribution in [0.1, 0.15) is 6.92 Å². The summed E-state index contributed by atoms with van der Waals surface area (Å²) in [5.41, 5.74) is 1.30. The lowest BCUT2D eigenvalue weighted by molar-refractivity contribution is 0.345. The maximum atomic E-state index is 13.9. The van der Waals surface area contributed by atoms with E-state index in [1.54, 1.807) is 19.1 Å². The van der Waals surface area contributed by atoms with E-state index in [1.807, 2.05) is 0 Å². The van der Waals surface area contributed by atoms with Gasteiger partial charge in [-0.3, -0.25) is 0 Å². The summed E-state index contributed by atoms with van der Waals surface area (Å²) in [4.78, 5) is 2.89. The van der Waals surface area contributed by atoms with Gasteiger partial charge in [0, 0.05) is 17.0 Å². The molecule has 0 aliphatic heterocycles. The van der Waals surface area contributed by atoms with Gasteiger partial charge in [-0.05, 0) is 37.3 Å². The number of rotatable bonds is 3. The quantitative estimate of drug-likeness (QED) is 0.746. The SMILES string of the molecule is CCOc1c(-c2ccc(F)cc2)[nH]c2c(F)cc(F)cc12. The molecule has 3 rings (SSSR count). The Labute approximate surface area is 119 Å². The van der Waals surface area contributed by atoms with Crippen LogP contribution in [0.3, 0.4) is 0 Å². The van der Waals surface area contributed by atoms with Gasteiger partial charge in [-0.15, -0.1) is 0 Å². The van der Waals surface area contributed by atoms with E-state index >= 15 is 0 Å². The molecule has 0 aliphatic rings. The smallest absolute Gasteiger partial charge is 0.152 e. The Kier molecular flexibility index (Phi) is 3.33. The number of aromatic amines is 1. The Bertz CT molecular complexity index is 793. The van der Waals surface area contributed by atoms with Gasteiger partial charge in [0.15, 0.2) is 5.75 Å². The Balaban J connectivity index is 2.28. The first-order chi connectivity index (χ1) is 10.1. The largest absolute Gasteiger partial charge is 0.491 e. The third-order valence-electron chi connectivity index (χ3n) is 3.20. The Morgan fingerprint density at radius 2 is 1.71 bits per heavy atom. The number of nitrogens with one attached hydrogen (secondary N) is 1. The van der Waals surface area contributed by atoms with Crippen LogP contribution in [0.15, 0.2) is 36.4 Å². The summed E-state index contributed by atoms with van der Waals surface area (Å²) in [6.07, 6.45) is 0. The van der Waals surface area contributed by atoms with E-state index in [2.05, 4.69) is 4.98 Å². The minimum absolute atomic E-state index is 0.166. The average molecular weight is 291 g/mol. The van der Waals surface area contributed by atoms with Crippen LogP contribution in [0.2, 0.25) is 0 Å². The highest BCUT2D eigenvalue weighted by Gasteiger charge is 2.18. The van der Waals surface area contributed by atoms with E-state index in [9.17, 15) is 13.2 Å². The number of ether oxygens (including phenoxy) is 1. The molecule has 0 unspecified atom stereocenters. The fourth-order valence-corrected chi connectivity index (χ4v) is 2.31. The molecule has 0 radical (unpaired) electrons. The maximum absolute atomic E-state index is 13.9. The van der Waals surface area contributed by atoms with Crippen molar-refractivity contribution < 1.29 is 17.9 Å². The van der Waals surface area contributed by atoms with Crippen molar-refractivity contribution in [2.75, 3.05) is 6.61 Å². The molecule has 0 atom stereocenters. The highest BCUT2D eigenvalue weighted by molar-refractivity contribution is 5.94. The zero-order valence-corrected chi connectivity index (χ0v) is 11.2. The molecule has 0 bridgehead atoms. The van der Waals surface area contributed by atoms with Crippen molar-refractivity contribution in [2.45, 2.75) is 6.92 Å². The first-order valence-corrected chi connectivity index (χ1v) is 6.49. The first kappa shape index (κ1) is 13.5. The molecular formula is C16H12F3NO. The van der Waals surface area contributed by atoms with Crippen molar-refractivity contribution in [1.82, 2.24) is 4.98 Å². The van der Waals surface area contributed by atoms with Crippen molar-refractivity contribution in [2.24, 2.45) is 0 Å². The Morgan fingerprint density at radius 3 is 2.38 bits per heavy atom. The van der Waals surface area contributed by atoms with Gasteiger partial charge in [-0.1, -0.05) is 0 Å². The third kappa shape index (κ3) is 2.35. The Morgan fingerprint density at radius 1 is 1.00 bits per heavy atom. The summed E-state index contributed by atoms with van der Waals surface area (Å²) in [7, 11) is 0. The number of H-pyrrole nitrogens is 1. The van der Waals surface area contributed by atoms with Gasteiger partial charge in [-0.2, -0.15) is 0 Å². The van der Waals surface area contributed by atoms with Crippen LogP contribution in [0.4, 0.5) is 13.2 Å². The van der Waals surface area contributed by atoms with Crippen molar-refractivity contribution in [1.29, 1.82) is 0 Å². The molecule has 0 saturated heterocycles. The fraction of sp³-hybridized carbons (Fsp3) is 0.125. The van der Waals surface area contributed by atoms with E-state index < -0.39 is 11.6 Å². The first-order valence-electron chi connectivity index (χ1n) is 6.49. The molecule has 0 spiro atoms. The molecule has 0 fully saturated rings. The lowest BCUT2D eigenvalue weighted by Gasteiger charge is -2.06. The van der Waals surface area contributed by atoms with Crippen LogP contribution in [-0.4, -0.2) is 11.6 Å². The second kappa shape index (κ2) is 5.16. The zero-order chi connectivity index (χ0) is 15.0. The second-order valence-corrected chi connectivity index (χ2v) is 4.58. The summed E-state index contributed by atoms with van der Waals surface area (Å²) in [6, 6.07) is 7.73. The van der Waals surface area contributed by atoms with Crippen LogP contribution in [0.5, 0.6) is 5.75 Å². The van der Waals surface area contributed by atoms with Crippen LogP contribution in [-0.2, 0) is 0 Å². The number of fused-ring (bicyclic) bond motifs is 1. The highest BCUT2D eigenvalue weighted by atomic mass is 19.1. The van der Waals surface area contributed by atoms with Gasteiger partial charge >= 0.3 is 0 Å². The van der Waals surface area contributed by atoms with E-state index in [4.69, 9.17) is 4.74 Å². The number of benzene rings is 2. The molecule has 21 heavy (non-hydrogen) atoms. The van der Waals surface area contributed by atoms with E-state index in [-0.39, 0.29) is 11.3 Å². The topological polar surface area (TPSA) is 25.0 Å². The van der Waals surface area contributed by atoms with Crippen LogP contribution in [0.25, 0.3) is 22.2 Å². The maximum Gasteiger partial charge on any atom is 0.152 e. The van der Waals surface area contributed by atoms with Crippen molar-refractivity contribution in [3.8, 4) is 17.0 Å². The molecule has 3 aromatic rings. The average Bonchev–Trinajstić information content (AvgIpc) is 2.80. The third-order valence-corrected chi connectivity index (χ3v) is 3.20. The molecule has 108 valence electrons. The minimum atomic E-state index is -0.695. The number of hydrogen-bond donors (Lipinski definition) is 1. The highest BCUT2D eigenvalue weighted by Crippen LogP contribution is 2.38. The second-order valence-electron chi connectivity index (χ2n) is 4.58. The number of halogens is 3. The van der Waals surface area contributed by atoms with E-state index in [0.717, 1.165) is 6.07 Å². The standard InChI is InChI=1S/C16H12F3NO/c1-2-21-16-12-7-11(18)8-13(19)15(12)20-14(16)9-3-5-10(17)6-4-9/h3-8,20H,2H2,1H3. The van der Waals surface area contributed by atoms with E-state index in [1.165, 1.54) is 18.2 Å². The molecule has 0 amide bonds. The molecule has 2 aromatic carbocycles. The molecular weight excluding hydrogens is 279 g/mol. The number of hydrogen-bond acceptors (Lipinski definition) is 1. The molecule has 1 heterocycles. The minimum Gasteiger partial charge on any atom is -0.491 e. The molecule has 0 aliphatic carbocycles. The van der Waals surface area contributed by atoms with Crippen LogP contribution in [0, 0.1) is 17.5 Å². The number of aromatic nitrogens is 1. The van der Waals surface area contributed by atoms with Crippen LogP contribution < -0.4 is 4.74 Å². The Hall–Kier alpha value is -2.43. The monoisotopic (exact) mass is 291 g/mol.